The molecule has 0 radical (unpaired) electrons. The van der Waals surface area contributed by atoms with Crippen LogP contribution in [0.4, 0.5) is 5.13 Å². The van der Waals surface area contributed by atoms with Crippen molar-refractivity contribution in [2.24, 2.45) is 5.10 Å². The second-order valence-electron chi connectivity index (χ2n) is 5.39. The summed E-state index contributed by atoms with van der Waals surface area (Å²) in [6, 6.07) is 18.4. The quantitative estimate of drug-likeness (QED) is 0.402. The van der Waals surface area contributed by atoms with E-state index in [1.165, 1.54) is 22.1 Å². The number of hydrazone groups is 1. The number of furan rings is 1. The van der Waals surface area contributed by atoms with Gasteiger partial charge in [0.15, 0.2) is 0 Å². The molecule has 2 aromatic heterocycles. The first-order valence-corrected chi connectivity index (χ1v) is 8.46. The highest BCUT2D eigenvalue weighted by atomic mass is 32.1. The smallest absolute Gasteiger partial charge is 0.203 e. The zero-order valence-electron chi connectivity index (χ0n) is 13.1. The highest BCUT2D eigenvalue weighted by molar-refractivity contribution is 7.14. The maximum Gasteiger partial charge on any atom is 0.203 e. The van der Waals surface area contributed by atoms with Crippen molar-refractivity contribution < 1.29 is 4.42 Å². The van der Waals surface area contributed by atoms with Crippen molar-refractivity contribution in [1.29, 1.82) is 0 Å². The predicted molar refractivity (Wildman–Crippen MR) is 99.6 cm³/mol. The molecule has 0 aliphatic rings. The van der Waals surface area contributed by atoms with E-state index >= 15 is 0 Å². The maximum absolute atomic E-state index is 5.31. The third-order valence-corrected chi connectivity index (χ3v) is 4.49. The van der Waals surface area contributed by atoms with Gasteiger partial charge in [0, 0.05) is 10.9 Å². The Morgan fingerprint density at radius 3 is 2.79 bits per heavy atom. The molecule has 0 amide bonds. The molecule has 2 heterocycles. The summed E-state index contributed by atoms with van der Waals surface area (Å²) < 4.78 is 5.31. The number of thiazole rings is 1. The van der Waals surface area contributed by atoms with Crippen molar-refractivity contribution >= 4 is 33.0 Å². The Morgan fingerprint density at radius 2 is 1.96 bits per heavy atom. The van der Waals surface area contributed by atoms with E-state index in [9.17, 15) is 0 Å². The first kappa shape index (κ1) is 14.7. The summed E-state index contributed by atoms with van der Waals surface area (Å²) in [5.41, 5.74) is 5.82. The molecule has 0 unspecified atom stereocenters. The van der Waals surface area contributed by atoms with Gasteiger partial charge in [0.2, 0.25) is 5.13 Å². The van der Waals surface area contributed by atoms with Gasteiger partial charge in [0.05, 0.1) is 12.0 Å². The average molecular weight is 333 g/mol. The Kier molecular flexibility index (Phi) is 3.84. The van der Waals surface area contributed by atoms with E-state index in [-0.39, 0.29) is 0 Å². The molecule has 5 heteroatoms. The van der Waals surface area contributed by atoms with Gasteiger partial charge in [0.25, 0.3) is 0 Å². The number of hydrogen-bond donors (Lipinski definition) is 1. The standard InChI is InChI=1S/C19H15N3OS/c1-13(18-7-4-10-23-18)21-22-19-20-17(12-24-19)16-9-8-14-5-2-3-6-15(14)11-16/h2-12H,1H3,(H,20,22)/b21-13+. The summed E-state index contributed by atoms with van der Waals surface area (Å²) in [4.78, 5) is 4.61. The van der Waals surface area contributed by atoms with Gasteiger partial charge in [-0.2, -0.15) is 5.10 Å². The second-order valence-corrected chi connectivity index (χ2v) is 6.24. The Bertz CT molecular complexity index is 1000. The molecule has 0 bridgehead atoms. The number of nitrogens with zero attached hydrogens (tertiary/aromatic N) is 2. The summed E-state index contributed by atoms with van der Waals surface area (Å²) in [5, 5.41) is 9.54. The van der Waals surface area contributed by atoms with E-state index in [0.29, 0.717) is 0 Å². The van der Waals surface area contributed by atoms with Gasteiger partial charge in [-0.3, -0.25) is 5.43 Å². The first-order valence-electron chi connectivity index (χ1n) is 7.58. The molecule has 0 saturated carbocycles. The van der Waals surface area contributed by atoms with Crippen LogP contribution in [0.3, 0.4) is 0 Å². The molecule has 4 aromatic rings. The third-order valence-electron chi connectivity index (χ3n) is 3.75. The number of rotatable bonds is 4. The van der Waals surface area contributed by atoms with Crippen LogP contribution in [0.5, 0.6) is 0 Å². The molecule has 4 rings (SSSR count). The lowest BCUT2D eigenvalue weighted by Gasteiger charge is -2.01. The molecule has 0 atom stereocenters. The molecule has 0 saturated heterocycles. The van der Waals surface area contributed by atoms with Crippen molar-refractivity contribution in [3.63, 3.8) is 0 Å². The molecule has 1 N–H and O–H groups in total. The monoisotopic (exact) mass is 333 g/mol. The second kappa shape index (κ2) is 6.29. The fraction of sp³-hybridized carbons (Fsp3) is 0.0526. The van der Waals surface area contributed by atoms with E-state index in [2.05, 4.69) is 45.8 Å². The normalized spacial score (nSPS) is 11.8. The minimum Gasteiger partial charge on any atom is -0.463 e. The van der Waals surface area contributed by atoms with Crippen LogP contribution in [0.25, 0.3) is 22.0 Å². The Balaban J connectivity index is 1.56. The Morgan fingerprint density at radius 1 is 1.08 bits per heavy atom. The third kappa shape index (κ3) is 2.94. The number of benzene rings is 2. The number of fused-ring (bicyclic) bond motifs is 1. The summed E-state index contributed by atoms with van der Waals surface area (Å²) in [6.45, 7) is 1.89. The van der Waals surface area contributed by atoms with E-state index in [4.69, 9.17) is 4.42 Å². The fourth-order valence-electron chi connectivity index (χ4n) is 2.48. The highest BCUT2D eigenvalue weighted by Gasteiger charge is 2.06. The van der Waals surface area contributed by atoms with Crippen LogP contribution >= 0.6 is 11.3 Å². The predicted octanol–water partition coefficient (Wildman–Crippen LogP) is 5.39. The number of nitrogens with one attached hydrogen (secondary N) is 1. The largest absolute Gasteiger partial charge is 0.463 e. The molecule has 0 aliphatic heterocycles. The Labute approximate surface area is 143 Å². The van der Waals surface area contributed by atoms with Crippen molar-refractivity contribution in [3.8, 4) is 11.3 Å². The fourth-order valence-corrected chi connectivity index (χ4v) is 3.14. The van der Waals surface area contributed by atoms with E-state index in [0.717, 1.165) is 27.9 Å². The van der Waals surface area contributed by atoms with Crippen LogP contribution in [0.2, 0.25) is 0 Å². The van der Waals surface area contributed by atoms with Crippen LogP contribution in [0.15, 0.2) is 75.8 Å². The lowest BCUT2D eigenvalue weighted by molar-refractivity contribution is 0.557. The van der Waals surface area contributed by atoms with Gasteiger partial charge in [-0.15, -0.1) is 11.3 Å². The average Bonchev–Trinajstić information content (AvgIpc) is 3.31. The lowest BCUT2D eigenvalue weighted by Crippen LogP contribution is -1.97. The molecule has 24 heavy (non-hydrogen) atoms. The van der Waals surface area contributed by atoms with Crippen LogP contribution in [0, 0.1) is 0 Å². The van der Waals surface area contributed by atoms with E-state index in [1.807, 2.05) is 36.6 Å². The molecular formula is C19H15N3OS. The van der Waals surface area contributed by atoms with Gasteiger partial charge in [-0.05, 0) is 35.9 Å². The van der Waals surface area contributed by atoms with Crippen molar-refractivity contribution in [2.75, 3.05) is 5.43 Å². The summed E-state index contributed by atoms with van der Waals surface area (Å²) in [7, 11) is 0. The summed E-state index contributed by atoms with van der Waals surface area (Å²) >= 11 is 1.53. The molecule has 0 fully saturated rings. The summed E-state index contributed by atoms with van der Waals surface area (Å²) in [5.74, 6) is 0.744. The number of aromatic nitrogens is 1. The van der Waals surface area contributed by atoms with Crippen molar-refractivity contribution in [1.82, 2.24) is 4.98 Å². The Hall–Kier alpha value is -2.92. The van der Waals surface area contributed by atoms with Gasteiger partial charge in [0.1, 0.15) is 11.5 Å². The molecule has 0 aliphatic carbocycles. The van der Waals surface area contributed by atoms with Crippen molar-refractivity contribution in [2.45, 2.75) is 6.92 Å². The zero-order chi connectivity index (χ0) is 16.4. The first-order chi connectivity index (χ1) is 11.8. The van der Waals surface area contributed by atoms with Crippen molar-refractivity contribution in [3.05, 3.63) is 72.0 Å². The summed E-state index contributed by atoms with van der Waals surface area (Å²) in [6.07, 6.45) is 1.63. The maximum atomic E-state index is 5.31. The van der Waals surface area contributed by atoms with Crippen LogP contribution in [-0.2, 0) is 0 Å². The van der Waals surface area contributed by atoms with E-state index in [1.54, 1.807) is 6.26 Å². The minimum atomic E-state index is 0.744. The number of hydrogen-bond acceptors (Lipinski definition) is 5. The molecular weight excluding hydrogens is 318 g/mol. The molecule has 4 nitrogen and oxygen atoms in total. The topological polar surface area (TPSA) is 50.4 Å². The van der Waals surface area contributed by atoms with Gasteiger partial charge in [-0.1, -0.05) is 36.4 Å². The van der Waals surface area contributed by atoms with Gasteiger partial charge >= 0.3 is 0 Å². The van der Waals surface area contributed by atoms with Gasteiger partial charge < -0.3 is 4.42 Å². The number of anilines is 1. The lowest BCUT2D eigenvalue weighted by atomic mass is 10.1. The molecule has 0 spiro atoms. The van der Waals surface area contributed by atoms with Crippen LogP contribution < -0.4 is 5.43 Å². The van der Waals surface area contributed by atoms with E-state index < -0.39 is 0 Å². The minimum absolute atomic E-state index is 0.744. The molecule has 118 valence electrons. The van der Waals surface area contributed by atoms with Crippen LogP contribution in [-0.4, -0.2) is 10.7 Å². The van der Waals surface area contributed by atoms with Gasteiger partial charge in [-0.25, -0.2) is 4.98 Å². The highest BCUT2D eigenvalue weighted by Crippen LogP contribution is 2.27. The molecule has 2 aromatic carbocycles. The SMILES string of the molecule is C/C(=N\Nc1nc(-c2ccc3ccccc3c2)cs1)c1ccco1. The van der Waals surface area contributed by atoms with Crippen LogP contribution in [0.1, 0.15) is 12.7 Å². The zero-order valence-corrected chi connectivity index (χ0v) is 13.9.